The second-order valence-electron chi connectivity index (χ2n) is 8.51. The Kier molecular flexibility index (Phi) is 11.4. The number of piperidine rings is 1. The van der Waals surface area contributed by atoms with Gasteiger partial charge in [0.1, 0.15) is 5.82 Å². The van der Waals surface area contributed by atoms with Crippen molar-refractivity contribution in [3.63, 3.8) is 0 Å². The van der Waals surface area contributed by atoms with Gasteiger partial charge in [0.2, 0.25) is 0 Å². The van der Waals surface area contributed by atoms with Crippen molar-refractivity contribution in [1.82, 2.24) is 15.1 Å². The van der Waals surface area contributed by atoms with E-state index in [2.05, 4.69) is 27.2 Å². The second kappa shape index (κ2) is 13.5. The van der Waals surface area contributed by atoms with Gasteiger partial charge in [-0.05, 0) is 63.1 Å². The van der Waals surface area contributed by atoms with Gasteiger partial charge in [-0.2, -0.15) is 0 Å². The lowest BCUT2D eigenvalue weighted by molar-refractivity contribution is 0.0625. The Labute approximate surface area is 198 Å². The van der Waals surface area contributed by atoms with E-state index in [-0.39, 0.29) is 29.8 Å². The minimum Gasteiger partial charge on any atom is -0.381 e. The standard InChI is InChI=1S/C23H37FN4O.HI/c1-25-23(27(2)12-7-19-10-15-29-16-11-19)26-17-20-8-13-28(14-9-20)18-21-5-3-4-6-22(21)24;/h3-6,19-20H,7-18H2,1-2H3,(H,25,26);1H. The van der Waals surface area contributed by atoms with Crippen LogP contribution in [0.2, 0.25) is 0 Å². The summed E-state index contributed by atoms with van der Waals surface area (Å²) in [5, 5.41) is 3.57. The molecule has 30 heavy (non-hydrogen) atoms. The van der Waals surface area contributed by atoms with E-state index in [0.717, 1.165) is 69.7 Å². The fraction of sp³-hybridized carbons (Fsp3) is 0.696. The number of nitrogens with one attached hydrogen (secondary N) is 1. The van der Waals surface area contributed by atoms with Gasteiger partial charge in [0.15, 0.2) is 5.96 Å². The van der Waals surface area contributed by atoms with Crippen LogP contribution >= 0.6 is 24.0 Å². The van der Waals surface area contributed by atoms with Gasteiger partial charge in [-0.3, -0.25) is 9.89 Å². The number of guanidine groups is 1. The number of halogens is 2. The van der Waals surface area contributed by atoms with E-state index in [9.17, 15) is 4.39 Å². The first kappa shape index (κ1) is 25.3. The molecule has 7 heteroatoms. The lowest BCUT2D eigenvalue weighted by atomic mass is 9.96. The van der Waals surface area contributed by atoms with Crippen LogP contribution in [0.4, 0.5) is 4.39 Å². The molecule has 2 aliphatic rings. The van der Waals surface area contributed by atoms with E-state index in [1.807, 2.05) is 19.2 Å². The largest absolute Gasteiger partial charge is 0.381 e. The van der Waals surface area contributed by atoms with Gasteiger partial charge in [0.25, 0.3) is 0 Å². The average Bonchev–Trinajstić information content (AvgIpc) is 2.76. The summed E-state index contributed by atoms with van der Waals surface area (Å²) in [6, 6.07) is 7.11. The minimum absolute atomic E-state index is 0. The predicted molar refractivity (Wildman–Crippen MR) is 132 cm³/mol. The van der Waals surface area contributed by atoms with Gasteiger partial charge >= 0.3 is 0 Å². The first-order valence-corrected chi connectivity index (χ1v) is 11.1. The van der Waals surface area contributed by atoms with Gasteiger partial charge in [-0.1, -0.05) is 18.2 Å². The molecule has 0 spiro atoms. The summed E-state index contributed by atoms with van der Waals surface area (Å²) in [4.78, 5) is 9.09. The number of aliphatic imine (C=N–C) groups is 1. The van der Waals surface area contributed by atoms with Crippen molar-refractivity contribution in [3.05, 3.63) is 35.6 Å². The first-order valence-electron chi connectivity index (χ1n) is 11.1. The fourth-order valence-corrected chi connectivity index (χ4v) is 4.35. The molecule has 5 nitrogen and oxygen atoms in total. The van der Waals surface area contributed by atoms with Gasteiger partial charge in [0.05, 0.1) is 0 Å². The first-order chi connectivity index (χ1) is 14.2. The summed E-state index contributed by atoms with van der Waals surface area (Å²) in [5.41, 5.74) is 0.802. The number of hydrogen-bond donors (Lipinski definition) is 1. The molecule has 0 radical (unpaired) electrons. The molecule has 0 atom stereocenters. The maximum atomic E-state index is 13.9. The SMILES string of the molecule is CN=C(NCC1CCN(Cc2ccccc2F)CC1)N(C)CCC1CCOCC1.I. The van der Waals surface area contributed by atoms with Crippen LogP contribution in [0, 0.1) is 17.7 Å². The zero-order chi connectivity index (χ0) is 20.5. The Bertz CT molecular complexity index is 646. The average molecular weight is 532 g/mol. The van der Waals surface area contributed by atoms with Crippen molar-refractivity contribution in [1.29, 1.82) is 0 Å². The molecule has 2 heterocycles. The molecule has 2 aliphatic heterocycles. The van der Waals surface area contributed by atoms with E-state index in [0.29, 0.717) is 12.5 Å². The molecule has 2 saturated heterocycles. The van der Waals surface area contributed by atoms with Crippen molar-refractivity contribution >= 4 is 29.9 Å². The molecule has 1 aromatic carbocycles. The van der Waals surface area contributed by atoms with E-state index >= 15 is 0 Å². The Balaban J connectivity index is 0.00000320. The van der Waals surface area contributed by atoms with Crippen molar-refractivity contribution in [2.24, 2.45) is 16.8 Å². The molecule has 1 aromatic rings. The predicted octanol–water partition coefficient (Wildman–Crippen LogP) is 3.98. The Morgan fingerprint density at radius 2 is 1.87 bits per heavy atom. The third-order valence-corrected chi connectivity index (χ3v) is 6.39. The van der Waals surface area contributed by atoms with Gasteiger partial charge in [-0.15, -0.1) is 24.0 Å². The molecule has 0 amide bonds. The van der Waals surface area contributed by atoms with E-state index in [1.165, 1.54) is 19.3 Å². The lowest BCUT2D eigenvalue weighted by Crippen LogP contribution is -2.44. The van der Waals surface area contributed by atoms with Crippen LogP contribution in [0.25, 0.3) is 0 Å². The molecule has 0 unspecified atom stereocenters. The van der Waals surface area contributed by atoms with Crippen LogP contribution in [-0.4, -0.2) is 69.2 Å². The highest BCUT2D eigenvalue weighted by Gasteiger charge is 2.21. The number of benzene rings is 1. The minimum atomic E-state index is -0.0936. The van der Waals surface area contributed by atoms with E-state index in [1.54, 1.807) is 12.1 Å². The van der Waals surface area contributed by atoms with Crippen LogP contribution in [-0.2, 0) is 11.3 Å². The van der Waals surface area contributed by atoms with Crippen LogP contribution in [0.15, 0.2) is 29.3 Å². The highest BCUT2D eigenvalue weighted by atomic mass is 127. The van der Waals surface area contributed by atoms with Gasteiger partial charge < -0.3 is 15.0 Å². The maximum Gasteiger partial charge on any atom is 0.193 e. The molecule has 0 aliphatic carbocycles. The van der Waals surface area contributed by atoms with Gasteiger partial charge in [-0.25, -0.2) is 4.39 Å². The van der Waals surface area contributed by atoms with Crippen molar-refractivity contribution in [2.75, 3.05) is 53.5 Å². The Morgan fingerprint density at radius 1 is 1.17 bits per heavy atom. The molecule has 1 N–H and O–H groups in total. The number of ether oxygens (including phenoxy) is 1. The Hall–Kier alpha value is -0.930. The van der Waals surface area contributed by atoms with Gasteiger partial charge in [0, 0.05) is 52.5 Å². The summed E-state index contributed by atoms with van der Waals surface area (Å²) in [6.45, 7) is 6.59. The fourth-order valence-electron chi connectivity index (χ4n) is 4.35. The Morgan fingerprint density at radius 3 is 2.53 bits per heavy atom. The normalized spacial score (nSPS) is 19.4. The molecule has 2 fully saturated rings. The number of likely N-dealkylation sites (tertiary alicyclic amines) is 1. The molecule has 0 aromatic heterocycles. The zero-order valence-corrected chi connectivity index (χ0v) is 20.8. The highest BCUT2D eigenvalue weighted by Crippen LogP contribution is 2.20. The smallest absolute Gasteiger partial charge is 0.193 e. The summed E-state index contributed by atoms with van der Waals surface area (Å²) in [6.07, 6.45) is 5.86. The monoisotopic (exact) mass is 532 g/mol. The summed E-state index contributed by atoms with van der Waals surface area (Å²) in [5.74, 6) is 2.32. The third-order valence-electron chi connectivity index (χ3n) is 6.39. The second-order valence-corrected chi connectivity index (χ2v) is 8.51. The van der Waals surface area contributed by atoms with Crippen LogP contribution < -0.4 is 5.32 Å². The molecular weight excluding hydrogens is 494 g/mol. The molecule has 3 rings (SSSR count). The molecule has 0 bridgehead atoms. The summed E-state index contributed by atoms with van der Waals surface area (Å²) < 4.78 is 19.3. The number of nitrogens with zero attached hydrogens (tertiary/aromatic N) is 3. The number of rotatable bonds is 7. The van der Waals surface area contributed by atoms with Crippen molar-refractivity contribution in [2.45, 2.75) is 38.6 Å². The van der Waals surface area contributed by atoms with E-state index in [4.69, 9.17) is 4.74 Å². The van der Waals surface area contributed by atoms with Crippen molar-refractivity contribution in [3.8, 4) is 0 Å². The topological polar surface area (TPSA) is 40.1 Å². The molecule has 170 valence electrons. The maximum absolute atomic E-state index is 13.9. The lowest BCUT2D eigenvalue weighted by Gasteiger charge is -2.33. The van der Waals surface area contributed by atoms with Crippen LogP contribution in [0.3, 0.4) is 0 Å². The van der Waals surface area contributed by atoms with Crippen LogP contribution in [0.1, 0.15) is 37.7 Å². The number of hydrogen-bond acceptors (Lipinski definition) is 3. The van der Waals surface area contributed by atoms with E-state index < -0.39 is 0 Å². The summed E-state index contributed by atoms with van der Waals surface area (Å²) >= 11 is 0. The van der Waals surface area contributed by atoms with Crippen molar-refractivity contribution < 1.29 is 9.13 Å². The van der Waals surface area contributed by atoms with Crippen LogP contribution in [0.5, 0.6) is 0 Å². The third kappa shape index (κ3) is 7.96. The highest BCUT2D eigenvalue weighted by molar-refractivity contribution is 14.0. The zero-order valence-electron chi connectivity index (χ0n) is 18.5. The molecular formula is C23H38FIN4O. The quantitative estimate of drug-likeness (QED) is 0.328. The molecule has 0 saturated carbocycles. The summed E-state index contributed by atoms with van der Waals surface area (Å²) in [7, 11) is 4.00.